The van der Waals surface area contributed by atoms with Crippen molar-refractivity contribution in [1.82, 2.24) is 0 Å². The van der Waals surface area contributed by atoms with Gasteiger partial charge in [0.05, 0.1) is 16.7 Å². The van der Waals surface area contributed by atoms with Crippen LogP contribution in [-0.2, 0) is 23.9 Å². The van der Waals surface area contributed by atoms with E-state index in [9.17, 15) is 14.4 Å². The van der Waals surface area contributed by atoms with E-state index in [1.54, 1.807) is 0 Å². The Morgan fingerprint density at radius 1 is 1.31 bits per heavy atom. The number of esters is 2. The van der Waals surface area contributed by atoms with Gasteiger partial charge in [0, 0.05) is 11.6 Å². The topological polar surface area (TPSA) is 81.7 Å². The van der Waals surface area contributed by atoms with Crippen molar-refractivity contribution in [2.75, 3.05) is 11.9 Å². The van der Waals surface area contributed by atoms with Crippen molar-refractivity contribution in [2.24, 2.45) is 23.7 Å². The second kappa shape index (κ2) is 6.37. The molecule has 2 saturated carbocycles. The molecule has 1 saturated heterocycles. The second-order valence-electron chi connectivity index (χ2n) is 7.44. The fourth-order valence-corrected chi connectivity index (χ4v) is 5.63. The summed E-state index contributed by atoms with van der Waals surface area (Å²) in [4.78, 5) is 36.8. The van der Waals surface area contributed by atoms with E-state index >= 15 is 0 Å². The summed E-state index contributed by atoms with van der Waals surface area (Å²) in [5.41, 5.74) is 2.67. The molecular formula is C19H20BrNO5. The fraction of sp³-hybridized carbons (Fsp3) is 0.526. The molecule has 0 radical (unpaired) electrons. The number of carbonyl (C=O) groups excluding carboxylic acids is 3. The predicted octanol–water partition coefficient (Wildman–Crippen LogP) is 2.36. The molecule has 4 rings (SSSR count). The standard InChI is InChI=1S/C19H20BrNO5/c1-8-3-4-9(2)12(5-8)21-13(22)7-25-18(23)14-10-6-11-15(14)19(24)26-17(11)16(10)20/h3-5,10-11,14-17H,6-7H2,1-2H3,(H,21,22)/t10-,11-,14-,15+,16-,17+/m1/s1. The van der Waals surface area contributed by atoms with E-state index in [1.807, 2.05) is 32.0 Å². The van der Waals surface area contributed by atoms with Gasteiger partial charge in [-0.2, -0.15) is 0 Å². The molecule has 0 aromatic heterocycles. The van der Waals surface area contributed by atoms with E-state index in [-0.39, 0.29) is 35.3 Å². The van der Waals surface area contributed by atoms with Crippen molar-refractivity contribution in [2.45, 2.75) is 31.2 Å². The third-order valence-corrected chi connectivity index (χ3v) is 7.01. The predicted molar refractivity (Wildman–Crippen MR) is 96.7 cm³/mol. The van der Waals surface area contributed by atoms with Crippen LogP contribution in [0.1, 0.15) is 17.5 Å². The molecule has 2 bridgehead atoms. The lowest BCUT2D eigenvalue weighted by molar-refractivity contribution is -0.157. The minimum absolute atomic E-state index is 0.0171. The van der Waals surface area contributed by atoms with Crippen LogP contribution in [-0.4, -0.2) is 35.4 Å². The van der Waals surface area contributed by atoms with Gasteiger partial charge in [0.2, 0.25) is 0 Å². The van der Waals surface area contributed by atoms with Gasteiger partial charge in [-0.05, 0) is 43.4 Å². The average molecular weight is 422 g/mol. The Balaban J connectivity index is 1.38. The van der Waals surface area contributed by atoms with Crippen molar-refractivity contribution >= 4 is 39.5 Å². The summed E-state index contributed by atoms with van der Waals surface area (Å²) in [6, 6.07) is 5.75. The van der Waals surface area contributed by atoms with E-state index in [2.05, 4.69) is 21.2 Å². The van der Waals surface area contributed by atoms with E-state index in [0.29, 0.717) is 5.69 Å². The molecule has 3 aliphatic rings. The van der Waals surface area contributed by atoms with Crippen LogP contribution < -0.4 is 5.32 Å². The smallest absolute Gasteiger partial charge is 0.310 e. The molecular weight excluding hydrogens is 402 g/mol. The molecule has 0 unspecified atom stereocenters. The largest absolute Gasteiger partial charge is 0.461 e. The highest BCUT2D eigenvalue weighted by molar-refractivity contribution is 9.09. The summed E-state index contributed by atoms with van der Waals surface area (Å²) in [6.45, 7) is 3.47. The maximum atomic E-state index is 12.6. The van der Waals surface area contributed by atoms with E-state index < -0.39 is 23.7 Å². The SMILES string of the molecule is Cc1ccc(C)c(NC(=O)COC(=O)[C@@H]2[C@H]3C[C@H]4[C@H](OC(=O)[C@@H]42)[C@@H]3Br)c1. The molecule has 1 aliphatic heterocycles. The third kappa shape index (κ3) is 2.73. The molecule has 1 aromatic rings. The zero-order chi connectivity index (χ0) is 18.6. The highest BCUT2D eigenvalue weighted by atomic mass is 79.9. The van der Waals surface area contributed by atoms with E-state index in [1.165, 1.54) is 0 Å². The summed E-state index contributed by atoms with van der Waals surface area (Å²) < 4.78 is 10.6. The minimum Gasteiger partial charge on any atom is -0.461 e. The lowest BCUT2D eigenvalue weighted by Gasteiger charge is -2.26. The summed E-state index contributed by atoms with van der Waals surface area (Å²) in [7, 11) is 0. The number of halogens is 1. The van der Waals surface area contributed by atoms with Crippen molar-refractivity contribution < 1.29 is 23.9 Å². The van der Waals surface area contributed by atoms with Gasteiger partial charge in [0.25, 0.3) is 5.91 Å². The lowest BCUT2D eigenvalue weighted by atomic mass is 9.80. The van der Waals surface area contributed by atoms with Crippen LogP contribution in [0.5, 0.6) is 0 Å². The Hall–Kier alpha value is -1.89. The fourth-order valence-electron chi connectivity index (χ4n) is 4.58. The van der Waals surface area contributed by atoms with Gasteiger partial charge in [-0.25, -0.2) is 0 Å². The van der Waals surface area contributed by atoms with Crippen LogP contribution in [0.25, 0.3) is 0 Å². The third-order valence-electron chi connectivity index (χ3n) is 5.81. The zero-order valence-corrected chi connectivity index (χ0v) is 16.1. The van der Waals surface area contributed by atoms with Gasteiger partial charge in [-0.3, -0.25) is 14.4 Å². The Labute approximate surface area is 159 Å². The number of benzene rings is 1. The van der Waals surface area contributed by atoms with Crippen LogP contribution in [0.15, 0.2) is 18.2 Å². The monoisotopic (exact) mass is 421 g/mol. The van der Waals surface area contributed by atoms with Crippen molar-refractivity contribution in [3.8, 4) is 0 Å². The normalized spacial score (nSPS) is 33.9. The zero-order valence-electron chi connectivity index (χ0n) is 14.5. The van der Waals surface area contributed by atoms with Gasteiger partial charge in [0.15, 0.2) is 6.61 Å². The van der Waals surface area contributed by atoms with Crippen molar-refractivity contribution in [3.63, 3.8) is 0 Å². The molecule has 138 valence electrons. The molecule has 1 aromatic carbocycles. The molecule has 26 heavy (non-hydrogen) atoms. The highest BCUT2D eigenvalue weighted by Gasteiger charge is 2.68. The number of alkyl halides is 1. The van der Waals surface area contributed by atoms with Crippen LogP contribution in [0.2, 0.25) is 0 Å². The second-order valence-corrected chi connectivity index (χ2v) is 8.49. The van der Waals surface area contributed by atoms with E-state index in [4.69, 9.17) is 9.47 Å². The number of hydrogen-bond acceptors (Lipinski definition) is 5. The highest BCUT2D eigenvalue weighted by Crippen LogP contribution is 2.60. The first-order valence-electron chi connectivity index (χ1n) is 8.75. The molecule has 1 N–H and O–H groups in total. The Morgan fingerprint density at radius 3 is 2.85 bits per heavy atom. The average Bonchev–Trinajstić information content (AvgIpc) is 3.20. The quantitative estimate of drug-likeness (QED) is 0.595. The van der Waals surface area contributed by atoms with E-state index in [0.717, 1.165) is 17.5 Å². The van der Waals surface area contributed by atoms with Gasteiger partial charge in [0.1, 0.15) is 6.10 Å². The summed E-state index contributed by atoms with van der Waals surface area (Å²) >= 11 is 3.56. The number of ether oxygens (including phenoxy) is 2. The maximum absolute atomic E-state index is 12.6. The van der Waals surface area contributed by atoms with Crippen LogP contribution in [0.4, 0.5) is 5.69 Å². The molecule has 1 heterocycles. The van der Waals surface area contributed by atoms with Crippen molar-refractivity contribution in [3.05, 3.63) is 29.3 Å². The maximum Gasteiger partial charge on any atom is 0.310 e. The molecule has 7 heteroatoms. The number of carbonyl (C=O) groups is 3. The number of anilines is 1. The number of nitrogens with one attached hydrogen (secondary N) is 1. The lowest BCUT2D eigenvalue weighted by Crippen LogP contribution is -2.39. The number of hydrogen-bond donors (Lipinski definition) is 1. The Kier molecular flexibility index (Phi) is 4.29. The molecule has 0 spiro atoms. The van der Waals surface area contributed by atoms with Gasteiger partial charge in [-0.1, -0.05) is 28.1 Å². The first-order valence-corrected chi connectivity index (χ1v) is 9.66. The minimum atomic E-state index is -0.524. The van der Waals surface area contributed by atoms with Gasteiger partial charge < -0.3 is 14.8 Å². The summed E-state index contributed by atoms with van der Waals surface area (Å²) in [5, 5.41) is 2.76. The first-order chi connectivity index (χ1) is 12.4. The number of amides is 1. The number of rotatable bonds is 4. The summed E-state index contributed by atoms with van der Waals surface area (Å²) in [6.07, 6.45) is 0.653. The molecule has 6 atom stereocenters. The molecule has 6 nitrogen and oxygen atoms in total. The summed E-state index contributed by atoms with van der Waals surface area (Å²) in [5.74, 6) is -2.03. The Morgan fingerprint density at radius 2 is 2.08 bits per heavy atom. The van der Waals surface area contributed by atoms with Gasteiger partial charge in [-0.15, -0.1) is 0 Å². The molecule has 1 amide bonds. The molecule has 2 aliphatic carbocycles. The van der Waals surface area contributed by atoms with Gasteiger partial charge >= 0.3 is 11.9 Å². The van der Waals surface area contributed by atoms with Crippen LogP contribution in [0, 0.1) is 37.5 Å². The van der Waals surface area contributed by atoms with Crippen LogP contribution >= 0.6 is 15.9 Å². The Bertz CT molecular complexity index is 794. The molecule has 3 fully saturated rings. The van der Waals surface area contributed by atoms with Crippen molar-refractivity contribution in [1.29, 1.82) is 0 Å². The first kappa shape index (κ1) is 17.5. The number of fused-ring (bicyclic) bond motifs is 1. The number of aryl methyl sites for hydroxylation is 2. The van der Waals surface area contributed by atoms with Crippen LogP contribution in [0.3, 0.4) is 0 Å².